The van der Waals surface area contributed by atoms with Crippen molar-refractivity contribution in [2.45, 2.75) is 6.18 Å². The molecule has 0 amide bonds. The molecule has 0 spiro atoms. The van der Waals surface area contributed by atoms with Crippen molar-refractivity contribution in [3.8, 4) is 11.6 Å². The number of aromatic nitrogens is 1. The van der Waals surface area contributed by atoms with E-state index in [0.29, 0.717) is 0 Å². The van der Waals surface area contributed by atoms with Gasteiger partial charge in [0.15, 0.2) is 0 Å². The Kier molecular flexibility index (Phi) is 3.55. The van der Waals surface area contributed by atoms with Gasteiger partial charge in [-0.3, -0.25) is 10.1 Å². The van der Waals surface area contributed by atoms with Gasteiger partial charge in [-0.05, 0) is 12.1 Å². The summed E-state index contributed by atoms with van der Waals surface area (Å²) in [5, 5.41) is 10.4. The minimum atomic E-state index is -4.56. The molecule has 0 aliphatic heterocycles. The van der Waals surface area contributed by atoms with Gasteiger partial charge in [-0.1, -0.05) is 12.1 Å². The Bertz CT molecular complexity index is 627. The molecule has 0 saturated heterocycles. The fourth-order valence-electron chi connectivity index (χ4n) is 1.44. The zero-order valence-electron chi connectivity index (χ0n) is 9.79. The van der Waals surface area contributed by atoms with Gasteiger partial charge >= 0.3 is 6.18 Å². The Morgan fingerprint density at radius 2 is 1.85 bits per heavy atom. The molecule has 0 atom stereocenters. The minimum absolute atomic E-state index is 0.160. The van der Waals surface area contributed by atoms with E-state index in [4.69, 9.17) is 4.74 Å². The third kappa shape index (κ3) is 3.02. The van der Waals surface area contributed by atoms with Crippen molar-refractivity contribution in [1.82, 2.24) is 4.98 Å². The number of alkyl halides is 3. The molecule has 5 nitrogen and oxygen atoms in total. The predicted octanol–water partition coefficient (Wildman–Crippen LogP) is 3.80. The second kappa shape index (κ2) is 5.16. The summed E-state index contributed by atoms with van der Waals surface area (Å²) in [6.45, 7) is 0. The Labute approximate surface area is 110 Å². The van der Waals surface area contributed by atoms with E-state index in [1.165, 1.54) is 12.1 Å². The summed E-state index contributed by atoms with van der Waals surface area (Å²) >= 11 is 0. The first-order valence-corrected chi connectivity index (χ1v) is 5.32. The van der Waals surface area contributed by atoms with Gasteiger partial charge in [0.1, 0.15) is 11.9 Å². The lowest BCUT2D eigenvalue weighted by Gasteiger charge is -2.12. The SMILES string of the molecule is O=[N+]([O-])c1ccc(Oc2ccccc2C(F)(F)F)nc1. The smallest absolute Gasteiger partial charge is 0.419 e. The minimum Gasteiger partial charge on any atom is -0.438 e. The van der Waals surface area contributed by atoms with Crippen LogP contribution in [0, 0.1) is 10.1 Å². The highest BCUT2D eigenvalue weighted by Gasteiger charge is 2.34. The van der Waals surface area contributed by atoms with E-state index in [0.717, 1.165) is 30.5 Å². The van der Waals surface area contributed by atoms with Crippen molar-refractivity contribution in [2.75, 3.05) is 0 Å². The van der Waals surface area contributed by atoms with Crippen LogP contribution in [0.5, 0.6) is 11.6 Å². The topological polar surface area (TPSA) is 65.3 Å². The molecule has 1 heterocycles. The Balaban J connectivity index is 2.28. The summed E-state index contributed by atoms with van der Waals surface area (Å²) in [6, 6.07) is 6.87. The molecule has 1 aromatic heterocycles. The monoisotopic (exact) mass is 284 g/mol. The maximum Gasteiger partial charge on any atom is 0.419 e. The molecule has 0 aliphatic rings. The number of hydrogen-bond acceptors (Lipinski definition) is 4. The number of ether oxygens (including phenoxy) is 1. The number of nitrogens with zero attached hydrogens (tertiary/aromatic N) is 2. The van der Waals surface area contributed by atoms with Gasteiger partial charge in [-0.2, -0.15) is 13.2 Å². The van der Waals surface area contributed by atoms with Gasteiger partial charge in [0.2, 0.25) is 5.88 Å². The van der Waals surface area contributed by atoms with Crippen molar-refractivity contribution in [1.29, 1.82) is 0 Å². The van der Waals surface area contributed by atoms with Gasteiger partial charge in [-0.25, -0.2) is 4.98 Å². The van der Waals surface area contributed by atoms with E-state index >= 15 is 0 Å². The second-order valence-corrected chi connectivity index (χ2v) is 3.71. The molecule has 8 heteroatoms. The van der Waals surface area contributed by atoms with Crippen molar-refractivity contribution in [2.24, 2.45) is 0 Å². The van der Waals surface area contributed by atoms with Crippen LogP contribution in [0.2, 0.25) is 0 Å². The van der Waals surface area contributed by atoms with Gasteiger partial charge < -0.3 is 4.74 Å². The van der Waals surface area contributed by atoms with Crippen LogP contribution in [0.1, 0.15) is 5.56 Å². The quantitative estimate of drug-likeness (QED) is 0.635. The van der Waals surface area contributed by atoms with Crippen molar-refractivity contribution in [3.63, 3.8) is 0 Å². The van der Waals surface area contributed by atoms with Crippen LogP contribution in [0.25, 0.3) is 0 Å². The van der Waals surface area contributed by atoms with E-state index in [-0.39, 0.29) is 11.6 Å². The maximum atomic E-state index is 12.7. The summed E-state index contributed by atoms with van der Waals surface area (Å²) in [6.07, 6.45) is -3.65. The lowest BCUT2D eigenvalue weighted by atomic mass is 10.2. The molecule has 0 radical (unpaired) electrons. The molecule has 0 N–H and O–H groups in total. The first-order valence-electron chi connectivity index (χ1n) is 5.32. The number of para-hydroxylation sites is 1. The van der Waals surface area contributed by atoms with Crippen LogP contribution in [-0.4, -0.2) is 9.91 Å². The van der Waals surface area contributed by atoms with E-state index in [1.807, 2.05) is 0 Å². The molecule has 0 fully saturated rings. The molecule has 20 heavy (non-hydrogen) atoms. The lowest BCUT2D eigenvalue weighted by molar-refractivity contribution is -0.385. The summed E-state index contributed by atoms with van der Waals surface area (Å²) in [4.78, 5) is 13.4. The molecular weight excluding hydrogens is 277 g/mol. The van der Waals surface area contributed by atoms with Crippen LogP contribution >= 0.6 is 0 Å². The first kappa shape index (κ1) is 13.8. The molecule has 2 aromatic rings. The summed E-state index contributed by atoms with van der Waals surface area (Å²) in [7, 11) is 0. The van der Waals surface area contributed by atoms with Crippen LogP contribution in [-0.2, 0) is 6.18 Å². The van der Waals surface area contributed by atoms with Crippen molar-refractivity contribution >= 4 is 5.69 Å². The Morgan fingerprint density at radius 3 is 2.40 bits per heavy atom. The largest absolute Gasteiger partial charge is 0.438 e. The third-order valence-corrected chi connectivity index (χ3v) is 2.34. The highest BCUT2D eigenvalue weighted by atomic mass is 19.4. The average Bonchev–Trinajstić information content (AvgIpc) is 2.38. The molecule has 104 valence electrons. The highest BCUT2D eigenvalue weighted by molar-refractivity contribution is 5.39. The van der Waals surface area contributed by atoms with E-state index in [2.05, 4.69) is 4.98 Å². The van der Waals surface area contributed by atoms with Crippen LogP contribution in [0.3, 0.4) is 0 Å². The molecule has 0 bridgehead atoms. The van der Waals surface area contributed by atoms with Gasteiger partial charge in [0, 0.05) is 12.1 Å². The van der Waals surface area contributed by atoms with Crippen LogP contribution in [0.15, 0.2) is 42.6 Å². The van der Waals surface area contributed by atoms with Crippen molar-refractivity contribution < 1.29 is 22.8 Å². The number of rotatable bonds is 3. The Hall–Kier alpha value is -2.64. The number of pyridine rings is 1. The molecular formula is C12H7F3N2O3. The number of nitro groups is 1. The van der Waals surface area contributed by atoms with Crippen LogP contribution in [0.4, 0.5) is 18.9 Å². The summed E-state index contributed by atoms with van der Waals surface area (Å²) in [5.41, 5.74) is -1.22. The van der Waals surface area contributed by atoms with Gasteiger partial charge in [-0.15, -0.1) is 0 Å². The first-order chi connectivity index (χ1) is 9.38. The van der Waals surface area contributed by atoms with Gasteiger partial charge in [0.25, 0.3) is 5.69 Å². The number of hydrogen-bond donors (Lipinski definition) is 0. The van der Waals surface area contributed by atoms with Crippen LogP contribution < -0.4 is 4.74 Å². The molecule has 1 aromatic carbocycles. The lowest BCUT2D eigenvalue weighted by Crippen LogP contribution is -2.07. The second-order valence-electron chi connectivity index (χ2n) is 3.71. The van der Waals surface area contributed by atoms with E-state index < -0.39 is 22.4 Å². The third-order valence-electron chi connectivity index (χ3n) is 2.34. The number of benzene rings is 1. The average molecular weight is 284 g/mol. The Morgan fingerprint density at radius 1 is 1.15 bits per heavy atom. The fraction of sp³-hybridized carbons (Fsp3) is 0.0833. The highest BCUT2D eigenvalue weighted by Crippen LogP contribution is 2.37. The summed E-state index contributed by atoms with van der Waals surface area (Å²) in [5.74, 6) is -0.575. The summed E-state index contributed by atoms with van der Waals surface area (Å²) < 4.78 is 43.2. The molecule has 0 unspecified atom stereocenters. The normalized spacial score (nSPS) is 11.2. The van der Waals surface area contributed by atoms with Gasteiger partial charge in [0.05, 0.1) is 10.5 Å². The zero-order chi connectivity index (χ0) is 14.8. The van der Waals surface area contributed by atoms with E-state index in [1.54, 1.807) is 0 Å². The van der Waals surface area contributed by atoms with E-state index in [9.17, 15) is 23.3 Å². The van der Waals surface area contributed by atoms with Crippen molar-refractivity contribution in [3.05, 3.63) is 58.3 Å². The molecule has 2 rings (SSSR count). The fourth-order valence-corrected chi connectivity index (χ4v) is 1.44. The maximum absolute atomic E-state index is 12.7. The predicted molar refractivity (Wildman–Crippen MR) is 62.4 cm³/mol. The zero-order valence-corrected chi connectivity index (χ0v) is 9.79. The molecule has 0 saturated carbocycles. The molecule has 0 aliphatic carbocycles. The number of halogens is 3. The standard InChI is InChI=1S/C12H7F3N2O3/c13-12(14,15)9-3-1-2-4-10(9)20-11-6-5-8(7-16-11)17(18)19/h1-7H.